The molecule has 0 saturated carbocycles. The van der Waals surface area contributed by atoms with Crippen LogP contribution in [0.5, 0.6) is 0 Å². The van der Waals surface area contributed by atoms with Crippen molar-refractivity contribution in [2.75, 3.05) is 19.6 Å². The second kappa shape index (κ2) is 8.72. The van der Waals surface area contributed by atoms with Gasteiger partial charge in [0.15, 0.2) is 0 Å². The molecule has 1 aliphatic heterocycles. The summed E-state index contributed by atoms with van der Waals surface area (Å²) in [4.78, 5) is 22.8. The maximum absolute atomic E-state index is 12.3. The summed E-state index contributed by atoms with van der Waals surface area (Å²) < 4.78 is 0. The molecule has 1 saturated heterocycles. The highest BCUT2D eigenvalue weighted by Crippen LogP contribution is 2.27. The Hall–Kier alpha value is -2.27. The topological polar surface area (TPSA) is 58.1 Å². The van der Waals surface area contributed by atoms with Gasteiger partial charge in [-0.15, -0.1) is 0 Å². The maximum Gasteiger partial charge on any atom is 0.234 e. The molecule has 25 heavy (non-hydrogen) atoms. The van der Waals surface area contributed by atoms with Gasteiger partial charge in [0.1, 0.15) is 0 Å². The van der Waals surface area contributed by atoms with Crippen LogP contribution in [0.15, 0.2) is 48.9 Å². The van der Waals surface area contributed by atoms with E-state index in [4.69, 9.17) is 0 Å². The van der Waals surface area contributed by atoms with E-state index in [0.717, 1.165) is 31.6 Å². The van der Waals surface area contributed by atoms with Crippen molar-refractivity contribution < 1.29 is 4.79 Å². The number of aromatic nitrogens is 2. The van der Waals surface area contributed by atoms with E-state index >= 15 is 0 Å². The number of amides is 1. The lowest BCUT2D eigenvalue weighted by Crippen LogP contribution is -2.44. The van der Waals surface area contributed by atoms with E-state index in [1.807, 2.05) is 6.92 Å². The van der Waals surface area contributed by atoms with Gasteiger partial charge in [-0.25, -0.2) is 0 Å². The van der Waals surface area contributed by atoms with Crippen LogP contribution in [0.1, 0.15) is 36.9 Å². The summed E-state index contributed by atoms with van der Waals surface area (Å²) in [7, 11) is 0. The van der Waals surface area contributed by atoms with Gasteiger partial charge in [0.25, 0.3) is 0 Å². The maximum atomic E-state index is 12.3. The van der Waals surface area contributed by atoms with Gasteiger partial charge < -0.3 is 5.32 Å². The average Bonchev–Trinajstić information content (AvgIpc) is 2.63. The van der Waals surface area contributed by atoms with Crippen LogP contribution < -0.4 is 5.32 Å². The molecule has 0 bridgehead atoms. The zero-order valence-corrected chi connectivity index (χ0v) is 14.8. The van der Waals surface area contributed by atoms with Crippen LogP contribution in [0.3, 0.4) is 0 Å². The van der Waals surface area contributed by atoms with Crippen molar-refractivity contribution in [1.82, 2.24) is 20.2 Å². The third kappa shape index (κ3) is 5.36. The van der Waals surface area contributed by atoms with Gasteiger partial charge in [0.05, 0.1) is 12.2 Å². The van der Waals surface area contributed by atoms with Crippen molar-refractivity contribution in [3.05, 3.63) is 60.2 Å². The predicted octanol–water partition coefficient (Wildman–Crippen LogP) is 2.40. The van der Waals surface area contributed by atoms with E-state index in [9.17, 15) is 4.79 Å². The summed E-state index contributed by atoms with van der Waals surface area (Å²) in [5, 5.41) is 3.07. The molecule has 5 heteroatoms. The van der Waals surface area contributed by atoms with E-state index < -0.39 is 0 Å². The van der Waals surface area contributed by atoms with Crippen LogP contribution in [0.4, 0.5) is 0 Å². The van der Waals surface area contributed by atoms with Crippen LogP contribution in [0.25, 0.3) is 0 Å². The molecule has 0 radical (unpaired) electrons. The molecule has 1 atom stereocenters. The first-order chi connectivity index (χ1) is 12.2. The summed E-state index contributed by atoms with van der Waals surface area (Å²) in [6.07, 6.45) is 8.03. The highest BCUT2D eigenvalue weighted by Gasteiger charge is 2.22. The van der Waals surface area contributed by atoms with Crippen LogP contribution in [-0.2, 0) is 11.2 Å². The summed E-state index contributed by atoms with van der Waals surface area (Å²) in [6.45, 7) is 4.44. The molecule has 1 amide bonds. The third-order valence-electron chi connectivity index (χ3n) is 4.77. The van der Waals surface area contributed by atoms with Crippen molar-refractivity contribution in [1.29, 1.82) is 0 Å². The fraction of sp³-hybridized carbons (Fsp3) is 0.450. The van der Waals surface area contributed by atoms with Gasteiger partial charge in [0, 0.05) is 31.1 Å². The van der Waals surface area contributed by atoms with Crippen molar-refractivity contribution in [3.8, 4) is 0 Å². The minimum Gasteiger partial charge on any atom is -0.352 e. The molecule has 5 nitrogen and oxygen atoms in total. The lowest BCUT2D eigenvalue weighted by atomic mass is 9.89. The SMILES string of the molecule is C[C@@H](Cc1cnccn1)NC(=O)CN1CCC(c2ccccc2)CC1. The summed E-state index contributed by atoms with van der Waals surface area (Å²) in [5.74, 6) is 0.714. The molecule has 1 N–H and O–H groups in total. The molecule has 2 aromatic rings. The number of carbonyl (C=O) groups excluding carboxylic acids is 1. The number of carbonyl (C=O) groups is 1. The Morgan fingerprint density at radius 2 is 2.00 bits per heavy atom. The van der Waals surface area contributed by atoms with Gasteiger partial charge in [-0.2, -0.15) is 0 Å². The summed E-state index contributed by atoms with van der Waals surface area (Å²) >= 11 is 0. The van der Waals surface area contributed by atoms with E-state index in [1.165, 1.54) is 5.56 Å². The molecule has 1 aromatic heterocycles. The van der Waals surface area contributed by atoms with Crippen LogP contribution in [-0.4, -0.2) is 46.5 Å². The van der Waals surface area contributed by atoms with E-state index in [-0.39, 0.29) is 11.9 Å². The first kappa shape index (κ1) is 17.5. The number of hydrogen-bond acceptors (Lipinski definition) is 4. The molecule has 1 fully saturated rings. The lowest BCUT2D eigenvalue weighted by molar-refractivity contribution is -0.123. The Balaban J connectivity index is 1.40. The molecule has 1 aromatic carbocycles. The Bertz CT molecular complexity index is 654. The Labute approximate surface area is 149 Å². The van der Waals surface area contributed by atoms with Crippen LogP contribution in [0, 0.1) is 0 Å². The molecule has 3 rings (SSSR count). The normalized spacial score (nSPS) is 17.2. The Kier molecular flexibility index (Phi) is 6.12. The molecule has 0 unspecified atom stereocenters. The first-order valence-electron chi connectivity index (χ1n) is 9.02. The minimum atomic E-state index is 0.0612. The highest BCUT2D eigenvalue weighted by molar-refractivity contribution is 5.78. The second-order valence-electron chi connectivity index (χ2n) is 6.83. The number of piperidine rings is 1. The molecule has 0 aliphatic carbocycles. The largest absolute Gasteiger partial charge is 0.352 e. The quantitative estimate of drug-likeness (QED) is 0.879. The molecule has 0 spiro atoms. The molecule has 132 valence electrons. The standard InChI is InChI=1S/C20H26N4O/c1-16(13-19-14-21-9-10-22-19)23-20(25)15-24-11-7-18(8-12-24)17-5-3-2-4-6-17/h2-6,9-10,14,16,18H,7-8,11-13,15H2,1H3,(H,23,25)/t16-/m0/s1. The zero-order chi connectivity index (χ0) is 17.5. The van der Waals surface area contributed by atoms with Crippen molar-refractivity contribution in [2.45, 2.75) is 38.1 Å². The fourth-order valence-corrected chi connectivity index (χ4v) is 3.47. The van der Waals surface area contributed by atoms with Crippen molar-refractivity contribution in [3.63, 3.8) is 0 Å². The number of likely N-dealkylation sites (tertiary alicyclic amines) is 1. The summed E-state index contributed by atoms with van der Waals surface area (Å²) in [6, 6.07) is 10.8. The van der Waals surface area contributed by atoms with Crippen molar-refractivity contribution >= 4 is 5.91 Å². The lowest BCUT2D eigenvalue weighted by Gasteiger charge is -2.32. The van der Waals surface area contributed by atoms with Gasteiger partial charge in [-0.3, -0.25) is 19.7 Å². The smallest absolute Gasteiger partial charge is 0.234 e. The fourth-order valence-electron chi connectivity index (χ4n) is 3.47. The average molecular weight is 338 g/mol. The Morgan fingerprint density at radius 3 is 2.68 bits per heavy atom. The zero-order valence-electron chi connectivity index (χ0n) is 14.8. The predicted molar refractivity (Wildman–Crippen MR) is 98.2 cm³/mol. The van der Waals surface area contributed by atoms with Gasteiger partial charge in [-0.05, 0) is 44.3 Å². The molecular formula is C20H26N4O. The number of benzene rings is 1. The van der Waals surface area contributed by atoms with Gasteiger partial charge in [0.2, 0.25) is 5.91 Å². The van der Waals surface area contributed by atoms with E-state index in [0.29, 0.717) is 18.9 Å². The summed E-state index contributed by atoms with van der Waals surface area (Å²) in [5.41, 5.74) is 2.32. The minimum absolute atomic E-state index is 0.0612. The van der Waals surface area contributed by atoms with E-state index in [1.54, 1.807) is 18.6 Å². The number of hydrogen-bond donors (Lipinski definition) is 1. The second-order valence-corrected chi connectivity index (χ2v) is 6.83. The van der Waals surface area contributed by atoms with Gasteiger partial charge >= 0.3 is 0 Å². The first-order valence-corrected chi connectivity index (χ1v) is 9.02. The number of nitrogens with one attached hydrogen (secondary N) is 1. The molecule has 2 heterocycles. The monoisotopic (exact) mass is 338 g/mol. The third-order valence-corrected chi connectivity index (χ3v) is 4.77. The van der Waals surface area contributed by atoms with Gasteiger partial charge in [-0.1, -0.05) is 30.3 Å². The van der Waals surface area contributed by atoms with E-state index in [2.05, 4.69) is 50.5 Å². The highest BCUT2D eigenvalue weighted by atomic mass is 16.2. The number of nitrogens with zero attached hydrogens (tertiary/aromatic N) is 3. The van der Waals surface area contributed by atoms with Crippen LogP contribution >= 0.6 is 0 Å². The molecular weight excluding hydrogens is 312 g/mol. The number of rotatable bonds is 6. The van der Waals surface area contributed by atoms with Crippen molar-refractivity contribution in [2.24, 2.45) is 0 Å². The molecule has 1 aliphatic rings. The Morgan fingerprint density at radius 1 is 1.24 bits per heavy atom. The van der Waals surface area contributed by atoms with Crippen LogP contribution in [0.2, 0.25) is 0 Å².